The Morgan fingerprint density at radius 2 is 2.38 bits per heavy atom. The van der Waals surface area contributed by atoms with Crippen LogP contribution in [0.25, 0.3) is 5.65 Å². The van der Waals surface area contributed by atoms with Crippen molar-refractivity contribution in [1.29, 1.82) is 0 Å². The Morgan fingerprint density at radius 3 is 3.19 bits per heavy atom. The Hall–Kier alpha value is -1.16. The molecule has 1 fully saturated rings. The van der Waals surface area contributed by atoms with Crippen LogP contribution in [-0.4, -0.2) is 20.4 Å². The van der Waals surface area contributed by atoms with E-state index in [9.17, 15) is 0 Å². The molecule has 1 saturated heterocycles. The normalized spacial score (nSPS) is 20.6. The van der Waals surface area contributed by atoms with E-state index in [1.807, 2.05) is 22.7 Å². The standard InChI is InChI=1S/C12H15N3S/c13-9-3-4-12-14-10(8-15(12)7-9)6-11-2-1-5-16-11/h3-4,7-8,11H,1-2,5-6,13H2. The van der Waals surface area contributed by atoms with Gasteiger partial charge in [0.25, 0.3) is 0 Å². The van der Waals surface area contributed by atoms with Gasteiger partial charge in [-0.05, 0) is 30.7 Å². The van der Waals surface area contributed by atoms with E-state index in [0.29, 0.717) is 0 Å². The zero-order chi connectivity index (χ0) is 11.0. The van der Waals surface area contributed by atoms with Crippen LogP contribution in [0.1, 0.15) is 18.5 Å². The zero-order valence-corrected chi connectivity index (χ0v) is 9.91. The molecule has 84 valence electrons. The minimum atomic E-state index is 0.766. The molecule has 0 radical (unpaired) electrons. The largest absolute Gasteiger partial charge is 0.398 e. The van der Waals surface area contributed by atoms with Gasteiger partial charge in [0.05, 0.1) is 5.69 Å². The smallest absolute Gasteiger partial charge is 0.137 e. The molecule has 0 amide bonds. The summed E-state index contributed by atoms with van der Waals surface area (Å²) in [6, 6.07) is 3.87. The monoisotopic (exact) mass is 233 g/mol. The maximum Gasteiger partial charge on any atom is 0.137 e. The summed E-state index contributed by atoms with van der Waals surface area (Å²) in [5.41, 5.74) is 8.71. The van der Waals surface area contributed by atoms with E-state index in [2.05, 4.69) is 22.9 Å². The molecule has 0 spiro atoms. The molecule has 1 aliphatic rings. The second kappa shape index (κ2) is 4.01. The topological polar surface area (TPSA) is 43.3 Å². The number of nitrogen functional groups attached to an aromatic ring is 1. The van der Waals surface area contributed by atoms with Crippen LogP contribution >= 0.6 is 11.8 Å². The van der Waals surface area contributed by atoms with Crippen molar-refractivity contribution in [3.63, 3.8) is 0 Å². The average Bonchev–Trinajstić information content (AvgIpc) is 2.86. The third-order valence-electron chi connectivity index (χ3n) is 2.98. The molecule has 4 heteroatoms. The van der Waals surface area contributed by atoms with E-state index in [-0.39, 0.29) is 0 Å². The lowest BCUT2D eigenvalue weighted by molar-refractivity contribution is 0.767. The Kier molecular flexibility index (Phi) is 2.52. The molecule has 3 heterocycles. The van der Waals surface area contributed by atoms with Gasteiger partial charge in [-0.25, -0.2) is 4.98 Å². The van der Waals surface area contributed by atoms with Crippen LogP contribution in [0.15, 0.2) is 24.5 Å². The molecular formula is C12H15N3S. The van der Waals surface area contributed by atoms with Gasteiger partial charge in [0.1, 0.15) is 5.65 Å². The highest BCUT2D eigenvalue weighted by Gasteiger charge is 2.17. The lowest BCUT2D eigenvalue weighted by Crippen LogP contribution is -2.01. The predicted molar refractivity (Wildman–Crippen MR) is 68.8 cm³/mol. The molecule has 1 atom stereocenters. The number of imidazole rings is 1. The molecule has 1 unspecified atom stereocenters. The van der Waals surface area contributed by atoms with Crippen molar-refractivity contribution in [2.24, 2.45) is 0 Å². The van der Waals surface area contributed by atoms with Gasteiger partial charge in [0.2, 0.25) is 0 Å². The number of fused-ring (bicyclic) bond motifs is 1. The van der Waals surface area contributed by atoms with Gasteiger partial charge in [-0.1, -0.05) is 0 Å². The minimum Gasteiger partial charge on any atom is -0.398 e. The number of thioether (sulfide) groups is 1. The van der Waals surface area contributed by atoms with Crippen molar-refractivity contribution in [3.05, 3.63) is 30.2 Å². The molecule has 0 saturated carbocycles. The summed E-state index contributed by atoms with van der Waals surface area (Å²) in [5.74, 6) is 1.31. The Labute approximate surface area is 99.1 Å². The summed E-state index contributed by atoms with van der Waals surface area (Å²) in [6.07, 6.45) is 7.81. The van der Waals surface area contributed by atoms with Crippen molar-refractivity contribution in [1.82, 2.24) is 9.38 Å². The summed E-state index contributed by atoms with van der Waals surface area (Å²) < 4.78 is 2.02. The van der Waals surface area contributed by atoms with E-state index in [0.717, 1.165) is 23.0 Å². The summed E-state index contributed by atoms with van der Waals surface area (Å²) >= 11 is 2.08. The highest BCUT2D eigenvalue weighted by molar-refractivity contribution is 8.00. The number of nitrogens with two attached hydrogens (primary N) is 1. The van der Waals surface area contributed by atoms with E-state index in [4.69, 9.17) is 5.73 Å². The fraction of sp³-hybridized carbons (Fsp3) is 0.417. The van der Waals surface area contributed by atoms with Gasteiger partial charge in [-0.2, -0.15) is 11.8 Å². The number of pyridine rings is 1. The number of hydrogen-bond donors (Lipinski definition) is 1. The number of rotatable bonds is 2. The van der Waals surface area contributed by atoms with Crippen LogP contribution in [0.4, 0.5) is 5.69 Å². The zero-order valence-electron chi connectivity index (χ0n) is 9.10. The third-order valence-corrected chi connectivity index (χ3v) is 4.38. The first-order valence-corrected chi connectivity index (χ1v) is 6.71. The van der Waals surface area contributed by atoms with E-state index >= 15 is 0 Å². The number of anilines is 1. The maximum atomic E-state index is 5.74. The Morgan fingerprint density at radius 1 is 1.44 bits per heavy atom. The molecule has 3 rings (SSSR count). The summed E-state index contributed by atoms with van der Waals surface area (Å²) in [4.78, 5) is 4.61. The number of nitrogens with zero attached hydrogens (tertiary/aromatic N) is 2. The van der Waals surface area contributed by atoms with Crippen LogP contribution in [0.2, 0.25) is 0 Å². The van der Waals surface area contributed by atoms with Crippen LogP contribution in [0.5, 0.6) is 0 Å². The van der Waals surface area contributed by atoms with Crippen molar-refractivity contribution in [2.45, 2.75) is 24.5 Å². The second-order valence-electron chi connectivity index (χ2n) is 4.30. The summed E-state index contributed by atoms with van der Waals surface area (Å²) in [5, 5.41) is 0.766. The van der Waals surface area contributed by atoms with Crippen LogP contribution in [0.3, 0.4) is 0 Å². The van der Waals surface area contributed by atoms with Gasteiger partial charge in [0.15, 0.2) is 0 Å². The molecule has 2 aromatic heterocycles. The second-order valence-corrected chi connectivity index (χ2v) is 5.71. The van der Waals surface area contributed by atoms with Crippen LogP contribution in [-0.2, 0) is 6.42 Å². The van der Waals surface area contributed by atoms with Crippen LogP contribution < -0.4 is 5.73 Å². The molecule has 16 heavy (non-hydrogen) atoms. The third kappa shape index (κ3) is 1.89. The van der Waals surface area contributed by atoms with Crippen molar-refractivity contribution in [3.8, 4) is 0 Å². The van der Waals surface area contributed by atoms with Crippen LogP contribution in [0, 0.1) is 0 Å². The van der Waals surface area contributed by atoms with Crippen molar-refractivity contribution < 1.29 is 0 Å². The first kappa shape index (κ1) is 10.0. The van der Waals surface area contributed by atoms with E-state index < -0.39 is 0 Å². The van der Waals surface area contributed by atoms with Gasteiger partial charge >= 0.3 is 0 Å². The van der Waals surface area contributed by atoms with Gasteiger partial charge in [-0.3, -0.25) is 0 Å². The van der Waals surface area contributed by atoms with Gasteiger partial charge in [0, 0.05) is 29.8 Å². The highest BCUT2D eigenvalue weighted by atomic mass is 32.2. The lowest BCUT2D eigenvalue weighted by atomic mass is 10.2. The maximum absolute atomic E-state index is 5.74. The molecule has 0 bridgehead atoms. The minimum absolute atomic E-state index is 0.766. The number of aromatic nitrogens is 2. The van der Waals surface area contributed by atoms with Gasteiger partial charge < -0.3 is 10.1 Å². The molecule has 2 aromatic rings. The molecule has 0 aromatic carbocycles. The molecule has 2 N–H and O–H groups in total. The highest BCUT2D eigenvalue weighted by Crippen LogP contribution is 2.28. The molecular weight excluding hydrogens is 218 g/mol. The quantitative estimate of drug-likeness (QED) is 0.866. The molecule has 1 aliphatic heterocycles. The fourth-order valence-electron chi connectivity index (χ4n) is 2.20. The first-order valence-electron chi connectivity index (χ1n) is 5.66. The summed E-state index contributed by atoms with van der Waals surface area (Å²) in [7, 11) is 0. The Balaban J connectivity index is 1.86. The molecule has 3 nitrogen and oxygen atoms in total. The van der Waals surface area contributed by atoms with E-state index in [1.54, 1.807) is 0 Å². The Bertz CT molecular complexity index is 500. The molecule has 0 aliphatic carbocycles. The lowest BCUT2D eigenvalue weighted by Gasteiger charge is -2.03. The van der Waals surface area contributed by atoms with Gasteiger partial charge in [-0.15, -0.1) is 0 Å². The first-order chi connectivity index (χ1) is 7.81. The SMILES string of the molecule is Nc1ccc2nc(CC3CCCS3)cn2c1. The van der Waals surface area contributed by atoms with E-state index in [1.165, 1.54) is 24.3 Å². The summed E-state index contributed by atoms with van der Waals surface area (Å²) in [6.45, 7) is 0. The fourth-order valence-corrected chi connectivity index (χ4v) is 3.49. The average molecular weight is 233 g/mol. The van der Waals surface area contributed by atoms with Crippen molar-refractivity contribution in [2.75, 3.05) is 11.5 Å². The number of hydrogen-bond acceptors (Lipinski definition) is 3. The van der Waals surface area contributed by atoms with Crippen molar-refractivity contribution >= 4 is 23.1 Å². The predicted octanol–water partition coefficient (Wildman–Crippen LogP) is 2.35.